The molecule has 6 nitrogen and oxygen atoms in total. The van der Waals surface area contributed by atoms with Crippen LogP contribution >= 0.6 is 31.9 Å². The third-order valence-corrected chi connectivity index (χ3v) is 8.20. The van der Waals surface area contributed by atoms with Crippen LogP contribution in [0.5, 0.6) is 5.75 Å². The van der Waals surface area contributed by atoms with Crippen molar-refractivity contribution in [3.8, 4) is 5.75 Å². The van der Waals surface area contributed by atoms with Crippen molar-refractivity contribution in [3.05, 3.63) is 96.9 Å². The first kappa shape index (κ1) is 26.6. The van der Waals surface area contributed by atoms with Gasteiger partial charge in [-0.3, -0.25) is 4.79 Å². The molecule has 1 aliphatic rings. The molecule has 0 aliphatic heterocycles. The van der Waals surface area contributed by atoms with Crippen LogP contribution < -0.4 is 15.2 Å². The van der Waals surface area contributed by atoms with Gasteiger partial charge in [0.1, 0.15) is 18.2 Å². The molecule has 1 heterocycles. The second kappa shape index (κ2) is 11.8. The molecule has 0 amide bonds. The summed E-state index contributed by atoms with van der Waals surface area (Å²) >= 11 is 7.12. The quantitative estimate of drug-likeness (QED) is 0.197. The Morgan fingerprint density at radius 2 is 1.84 bits per heavy atom. The van der Waals surface area contributed by atoms with E-state index in [1.807, 2.05) is 79.7 Å². The minimum absolute atomic E-state index is 0.140. The highest BCUT2D eigenvalue weighted by atomic mass is 79.9. The molecule has 196 valence electrons. The van der Waals surface area contributed by atoms with Gasteiger partial charge < -0.3 is 9.64 Å². The van der Waals surface area contributed by atoms with Gasteiger partial charge in [0.05, 0.1) is 17.1 Å². The van der Waals surface area contributed by atoms with Crippen LogP contribution in [0, 0.1) is 0 Å². The summed E-state index contributed by atoms with van der Waals surface area (Å²) in [5.74, 6) is 1.66. The molecular weight excluding hydrogens is 608 g/mol. The zero-order valence-corrected chi connectivity index (χ0v) is 24.7. The number of aromatic nitrogens is 2. The van der Waals surface area contributed by atoms with Crippen molar-refractivity contribution in [2.24, 2.45) is 5.10 Å². The van der Waals surface area contributed by atoms with Crippen molar-refractivity contribution >= 4 is 54.7 Å². The summed E-state index contributed by atoms with van der Waals surface area (Å²) in [7, 11) is 3.99. The van der Waals surface area contributed by atoms with E-state index in [2.05, 4.69) is 31.9 Å². The van der Waals surface area contributed by atoms with E-state index in [1.54, 1.807) is 6.21 Å². The van der Waals surface area contributed by atoms with Gasteiger partial charge in [-0.2, -0.15) is 9.78 Å². The predicted octanol–water partition coefficient (Wildman–Crippen LogP) is 7.50. The average Bonchev–Trinajstić information content (AvgIpc) is 2.92. The highest BCUT2D eigenvalue weighted by Crippen LogP contribution is 2.32. The Kier molecular flexibility index (Phi) is 8.29. The van der Waals surface area contributed by atoms with E-state index in [4.69, 9.17) is 14.8 Å². The van der Waals surface area contributed by atoms with Crippen molar-refractivity contribution in [3.63, 3.8) is 0 Å². The minimum Gasteiger partial charge on any atom is -0.488 e. The van der Waals surface area contributed by atoms with E-state index in [9.17, 15) is 4.79 Å². The molecule has 0 spiro atoms. The van der Waals surface area contributed by atoms with Crippen LogP contribution in [0.4, 0.5) is 5.69 Å². The Hall–Kier alpha value is -2.97. The lowest BCUT2D eigenvalue weighted by Gasteiger charge is -2.22. The Labute approximate surface area is 239 Å². The lowest BCUT2D eigenvalue weighted by Crippen LogP contribution is -2.25. The molecule has 1 saturated carbocycles. The Morgan fingerprint density at radius 3 is 2.61 bits per heavy atom. The third-order valence-electron chi connectivity index (χ3n) is 6.97. The first-order valence-corrected chi connectivity index (χ1v) is 14.4. The summed E-state index contributed by atoms with van der Waals surface area (Å²) in [5.41, 5.74) is 3.42. The number of halogens is 2. The van der Waals surface area contributed by atoms with Crippen molar-refractivity contribution in [1.82, 2.24) is 9.66 Å². The molecule has 0 radical (unpaired) electrons. The van der Waals surface area contributed by atoms with E-state index in [1.165, 1.54) is 11.1 Å². The van der Waals surface area contributed by atoms with Crippen molar-refractivity contribution in [2.45, 2.75) is 44.6 Å². The summed E-state index contributed by atoms with van der Waals surface area (Å²) in [6.07, 6.45) is 7.28. The summed E-state index contributed by atoms with van der Waals surface area (Å²) < 4.78 is 9.78. The number of benzene rings is 3. The lowest BCUT2D eigenvalue weighted by atomic mass is 9.88. The minimum atomic E-state index is -0.140. The van der Waals surface area contributed by atoms with Gasteiger partial charge in [-0.05, 0) is 49.2 Å². The highest BCUT2D eigenvalue weighted by molar-refractivity contribution is 9.11. The normalized spacial score (nSPS) is 14.3. The van der Waals surface area contributed by atoms with E-state index in [0.717, 1.165) is 62.8 Å². The lowest BCUT2D eigenvalue weighted by molar-refractivity contribution is 0.305. The second-order valence-electron chi connectivity index (χ2n) is 9.82. The summed E-state index contributed by atoms with van der Waals surface area (Å²) in [4.78, 5) is 20.5. The predicted molar refractivity (Wildman–Crippen MR) is 162 cm³/mol. The Morgan fingerprint density at radius 1 is 1.05 bits per heavy atom. The first-order valence-electron chi connectivity index (χ1n) is 12.8. The number of rotatable bonds is 7. The van der Waals surface area contributed by atoms with Gasteiger partial charge in [0.2, 0.25) is 0 Å². The van der Waals surface area contributed by atoms with E-state index in [-0.39, 0.29) is 11.5 Å². The number of para-hydroxylation sites is 1. The van der Waals surface area contributed by atoms with E-state index < -0.39 is 0 Å². The van der Waals surface area contributed by atoms with Crippen LogP contribution in [0.1, 0.15) is 55.0 Å². The van der Waals surface area contributed by atoms with Gasteiger partial charge in [0.15, 0.2) is 0 Å². The number of hydrogen-bond donors (Lipinski definition) is 0. The molecule has 5 rings (SSSR count). The van der Waals surface area contributed by atoms with Gasteiger partial charge in [0.25, 0.3) is 5.56 Å². The molecular formula is C30H30Br2N4O2. The molecule has 1 aliphatic carbocycles. The highest BCUT2D eigenvalue weighted by Gasteiger charge is 2.22. The van der Waals surface area contributed by atoms with Crippen molar-refractivity contribution in [1.29, 1.82) is 0 Å². The van der Waals surface area contributed by atoms with Gasteiger partial charge in [-0.15, -0.1) is 0 Å². The SMILES string of the molecule is CN(C)c1ccc(C=Nn2c(C3CCCCC3)nc3ccccc3c2=O)c(OCc2ccc(Br)cc2Br)c1. The van der Waals surface area contributed by atoms with Crippen molar-refractivity contribution in [2.75, 3.05) is 19.0 Å². The maximum absolute atomic E-state index is 13.6. The topological polar surface area (TPSA) is 59.7 Å². The zero-order valence-electron chi connectivity index (χ0n) is 21.5. The molecule has 0 unspecified atom stereocenters. The summed E-state index contributed by atoms with van der Waals surface area (Å²) in [6.45, 7) is 0.385. The number of fused-ring (bicyclic) bond motifs is 1. The van der Waals surface area contributed by atoms with Crippen molar-refractivity contribution < 1.29 is 4.74 Å². The fourth-order valence-electron chi connectivity index (χ4n) is 4.82. The number of hydrogen-bond acceptors (Lipinski definition) is 5. The second-order valence-corrected chi connectivity index (χ2v) is 11.6. The molecule has 8 heteroatoms. The maximum Gasteiger partial charge on any atom is 0.282 e. The van der Waals surface area contributed by atoms with Gasteiger partial charge in [-0.25, -0.2) is 4.98 Å². The van der Waals surface area contributed by atoms with Gasteiger partial charge in [0, 0.05) is 51.8 Å². The van der Waals surface area contributed by atoms with E-state index >= 15 is 0 Å². The molecule has 0 N–H and O–H groups in total. The van der Waals surface area contributed by atoms with Crippen LogP contribution in [-0.2, 0) is 6.61 Å². The first-order chi connectivity index (χ1) is 18.4. The zero-order chi connectivity index (χ0) is 26.6. The van der Waals surface area contributed by atoms with Gasteiger partial charge >= 0.3 is 0 Å². The van der Waals surface area contributed by atoms with Crippen LogP contribution in [0.2, 0.25) is 0 Å². The van der Waals surface area contributed by atoms with Crippen LogP contribution in [0.15, 0.2) is 79.5 Å². The number of ether oxygens (including phenoxy) is 1. The third kappa shape index (κ3) is 5.86. The summed E-state index contributed by atoms with van der Waals surface area (Å²) in [5, 5.41) is 5.30. The molecule has 1 fully saturated rings. The number of anilines is 1. The monoisotopic (exact) mass is 636 g/mol. The smallest absolute Gasteiger partial charge is 0.282 e. The van der Waals surface area contributed by atoms with Crippen LogP contribution in [0.3, 0.4) is 0 Å². The number of nitrogens with zero attached hydrogens (tertiary/aromatic N) is 4. The Balaban J connectivity index is 1.54. The average molecular weight is 638 g/mol. The van der Waals surface area contributed by atoms with Crippen LogP contribution in [0.25, 0.3) is 10.9 Å². The summed E-state index contributed by atoms with van der Waals surface area (Å²) in [6, 6.07) is 19.5. The molecule has 1 aromatic heterocycles. The molecule has 38 heavy (non-hydrogen) atoms. The fourth-order valence-corrected chi connectivity index (χ4v) is 5.99. The van der Waals surface area contributed by atoms with Crippen LogP contribution in [-0.4, -0.2) is 30.0 Å². The molecule has 4 aromatic rings. The molecule has 0 atom stereocenters. The standard InChI is InChI=1S/C30H30Br2N4O2/c1-35(2)24-15-13-21(28(17-24)38-19-22-12-14-23(31)16-26(22)32)18-33-36-29(20-8-4-3-5-9-20)34-27-11-7-6-10-25(27)30(36)37/h6-7,10-18,20H,3-5,8-9,19H2,1-2H3. The molecule has 0 bridgehead atoms. The maximum atomic E-state index is 13.6. The molecule has 3 aromatic carbocycles. The van der Waals surface area contributed by atoms with Gasteiger partial charge in [-0.1, -0.05) is 69.3 Å². The molecule has 0 saturated heterocycles. The van der Waals surface area contributed by atoms with E-state index in [0.29, 0.717) is 17.7 Å². The largest absolute Gasteiger partial charge is 0.488 e. The Bertz CT molecular complexity index is 1540. The fraction of sp³-hybridized carbons (Fsp3) is 0.300.